The van der Waals surface area contributed by atoms with E-state index >= 15 is 0 Å². The van der Waals surface area contributed by atoms with Crippen LogP contribution in [0.4, 0.5) is 0 Å². The fourth-order valence-corrected chi connectivity index (χ4v) is 2.13. The maximum absolute atomic E-state index is 11.1. The number of hydrogen-bond donors (Lipinski definition) is 0. The van der Waals surface area contributed by atoms with Crippen LogP contribution in [-0.4, -0.2) is 20.6 Å². The summed E-state index contributed by atoms with van der Waals surface area (Å²) in [5.41, 5.74) is 0. The Morgan fingerprint density at radius 2 is 2.00 bits per heavy atom. The first kappa shape index (κ1) is 10.8. The summed E-state index contributed by atoms with van der Waals surface area (Å²) in [6.07, 6.45) is 4.31. The smallest absolute Gasteiger partial charge is 0.213 e. The van der Waals surface area contributed by atoms with E-state index in [1.54, 1.807) is 6.26 Å². The van der Waals surface area contributed by atoms with Crippen LogP contribution in [0.1, 0.15) is 0 Å². The predicted molar refractivity (Wildman–Crippen MR) is 61.8 cm³/mol. The number of fused-ring (bicyclic) bond motifs is 3. The van der Waals surface area contributed by atoms with Crippen LogP contribution < -0.4 is 0 Å². The third kappa shape index (κ3) is 2.43. The molecule has 1 aromatic heterocycles. The Morgan fingerprint density at radius 1 is 1.25 bits per heavy atom. The number of nitrogens with zero attached hydrogens (tertiary/aromatic N) is 2. The van der Waals surface area contributed by atoms with Gasteiger partial charge in [-0.25, -0.2) is 4.98 Å². The molecule has 0 saturated heterocycles. The molecular formula is C11H10N2O2S. The third-order valence-corrected chi connectivity index (χ3v) is 3.06. The minimum atomic E-state index is -0.851. The highest BCUT2D eigenvalue weighted by Crippen LogP contribution is 2.20. The largest absolute Gasteiger partial charge is 0.343 e. The van der Waals surface area contributed by atoms with Gasteiger partial charge in [-0.2, -0.15) is 0 Å². The van der Waals surface area contributed by atoms with Crippen molar-refractivity contribution < 1.29 is 8.73 Å². The molecule has 0 amide bonds. The summed E-state index contributed by atoms with van der Waals surface area (Å²) in [7, 11) is -0.851. The second-order valence-corrected chi connectivity index (χ2v) is 4.51. The Labute approximate surface area is 95.1 Å². The first-order chi connectivity index (χ1) is 7.77. The van der Waals surface area contributed by atoms with E-state index in [0.29, 0.717) is 0 Å². The van der Waals surface area contributed by atoms with Crippen LogP contribution in [0.2, 0.25) is 0 Å². The normalized spacial score (nSPS) is 12.1. The SMILES string of the molecule is CS(=O)c1cc2ccc1cc2.c1ncon1. The molecule has 4 rings (SSSR count). The van der Waals surface area contributed by atoms with Gasteiger partial charge in [0, 0.05) is 11.2 Å². The van der Waals surface area contributed by atoms with E-state index in [2.05, 4.69) is 14.7 Å². The van der Waals surface area contributed by atoms with Crippen molar-refractivity contribution in [1.82, 2.24) is 10.1 Å². The molecular weight excluding hydrogens is 224 g/mol. The van der Waals surface area contributed by atoms with Crippen molar-refractivity contribution in [2.75, 3.05) is 6.26 Å². The lowest BCUT2D eigenvalue weighted by Gasteiger charge is -2.03. The lowest BCUT2D eigenvalue weighted by atomic mass is 10.1. The maximum Gasteiger partial charge on any atom is 0.213 e. The third-order valence-electron chi connectivity index (χ3n) is 2.09. The molecule has 1 atom stereocenters. The van der Waals surface area contributed by atoms with Gasteiger partial charge in [0.15, 0.2) is 6.33 Å². The van der Waals surface area contributed by atoms with Gasteiger partial charge in [0.05, 0.1) is 10.8 Å². The number of benzene rings is 3. The lowest BCUT2D eigenvalue weighted by Crippen LogP contribution is -1.89. The molecule has 0 N–H and O–H groups in total. The van der Waals surface area contributed by atoms with Crippen LogP contribution in [0.5, 0.6) is 0 Å². The number of aromatic nitrogens is 2. The molecule has 0 saturated carbocycles. The molecule has 16 heavy (non-hydrogen) atoms. The average Bonchev–Trinajstić information content (AvgIpc) is 2.89. The van der Waals surface area contributed by atoms with E-state index in [1.165, 1.54) is 12.7 Å². The molecule has 2 bridgehead atoms. The topological polar surface area (TPSA) is 56.0 Å². The summed E-state index contributed by atoms with van der Waals surface area (Å²) >= 11 is 0. The van der Waals surface area contributed by atoms with Crippen molar-refractivity contribution in [2.24, 2.45) is 0 Å². The van der Waals surface area contributed by atoms with Crippen LogP contribution in [0.25, 0.3) is 10.8 Å². The Morgan fingerprint density at radius 3 is 2.25 bits per heavy atom. The van der Waals surface area contributed by atoms with Crippen molar-refractivity contribution >= 4 is 21.6 Å². The first-order valence-electron chi connectivity index (χ1n) is 4.62. The van der Waals surface area contributed by atoms with Gasteiger partial charge >= 0.3 is 0 Å². The van der Waals surface area contributed by atoms with Gasteiger partial charge in [0.25, 0.3) is 0 Å². The van der Waals surface area contributed by atoms with Gasteiger partial charge < -0.3 is 4.52 Å². The monoisotopic (exact) mass is 234 g/mol. The Kier molecular flexibility index (Phi) is 3.26. The highest BCUT2D eigenvalue weighted by atomic mass is 32.2. The molecule has 0 fully saturated rings. The Balaban J connectivity index is 0.000000162. The minimum Gasteiger partial charge on any atom is -0.343 e. The van der Waals surface area contributed by atoms with E-state index in [4.69, 9.17) is 0 Å². The first-order valence-corrected chi connectivity index (χ1v) is 6.18. The zero-order chi connectivity index (χ0) is 11.4. The molecule has 0 aliphatic carbocycles. The van der Waals surface area contributed by atoms with Crippen molar-refractivity contribution in [2.45, 2.75) is 4.90 Å². The van der Waals surface area contributed by atoms with Gasteiger partial charge in [0.2, 0.25) is 6.39 Å². The van der Waals surface area contributed by atoms with Gasteiger partial charge in [-0.15, -0.1) is 0 Å². The molecule has 0 radical (unpaired) electrons. The summed E-state index contributed by atoms with van der Waals surface area (Å²) in [6.45, 7) is 0. The predicted octanol–water partition coefficient (Wildman–Crippen LogP) is 2.08. The van der Waals surface area contributed by atoms with Crippen molar-refractivity contribution in [1.29, 1.82) is 0 Å². The number of rotatable bonds is 1. The average molecular weight is 234 g/mol. The lowest BCUT2D eigenvalue weighted by molar-refractivity contribution is 0.416. The second kappa shape index (κ2) is 4.85. The molecule has 4 aromatic rings. The van der Waals surface area contributed by atoms with Crippen LogP contribution in [0.3, 0.4) is 0 Å². The maximum atomic E-state index is 11.1. The highest BCUT2D eigenvalue weighted by Gasteiger charge is 2.02. The fraction of sp³-hybridized carbons (Fsp3) is 0.0909. The molecule has 5 heteroatoms. The molecule has 0 aliphatic rings. The number of hydrogen-bond acceptors (Lipinski definition) is 4. The zero-order valence-corrected chi connectivity index (χ0v) is 9.48. The van der Waals surface area contributed by atoms with E-state index in [9.17, 15) is 4.21 Å². The molecule has 82 valence electrons. The Hall–Kier alpha value is -1.75. The zero-order valence-electron chi connectivity index (χ0n) is 8.66. The summed E-state index contributed by atoms with van der Waals surface area (Å²) in [5, 5.41) is 5.46. The highest BCUT2D eigenvalue weighted by molar-refractivity contribution is 7.84. The van der Waals surface area contributed by atoms with Crippen LogP contribution in [-0.2, 0) is 10.8 Å². The van der Waals surface area contributed by atoms with E-state index in [-0.39, 0.29) is 0 Å². The quantitative estimate of drug-likeness (QED) is 0.647. The van der Waals surface area contributed by atoms with Gasteiger partial charge in [-0.3, -0.25) is 4.21 Å². The Bertz CT molecular complexity index is 528. The fourth-order valence-electron chi connectivity index (χ4n) is 1.36. The molecule has 1 unspecified atom stereocenters. The molecule has 0 spiro atoms. The van der Waals surface area contributed by atoms with Crippen molar-refractivity contribution in [3.8, 4) is 0 Å². The van der Waals surface area contributed by atoms with Gasteiger partial charge in [-0.05, 0) is 16.8 Å². The summed E-state index contributed by atoms with van der Waals surface area (Å²) in [5.74, 6) is 0. The van der Waals surface area contributed by atoms with E-state index in [1.807, 2.05) is 30.3 Å². The molecule has 4 nitrogen and oxygen atoms in total. The summed E-state index contributed by atoms with van der Waals surface area (Å²) in [6, 6.07) is 10.1. The van der Waals surface area contributed by atoms with Crippen LogP contribution in [0, 0.1) is 0 Å². The molecule has 3 aromatic carbocycles. The summed E-state index contributed by atoms with van der Waals surface area (Å²) < 4.78 is 15.4. The van der Waals surface area contributed by atoms with Gasteiger partial charge in [0.1, 0.15) is 0 Å². The van der Waals surface area contributed by atoms with E-state index in [0.717, 1.165) is 15.7 Å². The second-order valence-electron chi connectivity index (χ2n) is 3.17. The van der Waals surface area contributed by atoms with E-state index < -0.39 is 10.8 Å². The standard InChI is InChI=1S/C9H8OS.C2H2N2O/c1-11(10)9-6-7-2-4-8(9)5-3-7;1-3-2-5-4-1/h2-6H,1H3;1-2H. The van der Waals surface area contributed by atoms with Crippen molar-refractivity contribution in [3.05, 3.63) is 43.1 Å². The molecule has 1 heterocycles. The molecule has 0 aliphatic heterocycles. The van der Waals surface area contributed by atoms with Crippen LogP contribution >= 0.6 is 0 Å². The van der Waals surface area contributed by atoms with Crippen LogP contribution in [0.15, 0.2) is 52.5 Å². The minimum absolute atomic E-state index is 0.851. The summed E-state index contributed by atoms with van der Waals surface area (Å²) in [4.78, 5) is 4.39. The van der Waals surface area contributed by atoms with Crippen molar-refractivity contribution in [3.63, 3.8) is 0 Å². The van der Waals surface area contributed by atoms with Gasteiger partial charge in [-0.1, -0.05) is 29.4 Å².